The van der Waals surface area contributed by atoms with Crippen molar-refractivity contribution in [3.63, 3.8) is 0 Å². The first-order valence-corrected chi connectivity index (χ1v) is 5.71. The quantitative estimate of drug-likeness (QED) is 0.727. The molecule has 0 bridgehead atoms. The average Bonchev–Trinajstić information content (AvgIpc) is 2.28. The second-order valence-corrected chi connectivity index (χ2v) is 4.41. The van der Waals surface area contributed by atoms with Crippen LogP contribution in [0.3, 0.4) is 0 Å². The fourth-order valence-corrected chi connectivity index (χ4v) is 1.19. The van der Waals surface area contributed by atoms with Crippen LogP contribution in [0.15, 0.2) is 36.7 Å². The van der Waals surface area contributed by atoms with E-state index in [0.717, 1.165) is 9.13 Å². The van der Waals surface area contributed by atoms with Crippen molar-refractivity contribution in [1.29, 1.82) is 0 Å². The maximum atomic E-state index is 5.32. The fraction of sp³-hybridized carbons (Fsp3) is 0.0909. The molecule has 0 spiro atoms. The summed E-state index contributed by atoms with van der Waals surface area (Å²) in [7, 11) is 0. The van der Waals surface area contributed by atoms with Gasteiger partial charge in [-0.1, -0.05) is 6.07 Å². The Hall–Kier alpha value is -1.37. The lowest BCUT2D eigenvalue weighted by Gasteiger charge is -1.89. The van der Waals surface area contributed by atoms with Gasteiger partial charge in [0.25, 0.3) is 0 Å². The minimum Gasteiger partial charge on any atom is -0.384 e. The first-order valence-electron chi connectivity index (χ1n) is 4.63. The van der Waals surface area contributed by atoms with Crippen molar-refractivity contribution in [2.45, 2.75) is 6.92 Å². The van der Waals surface area contributed by atoms with E-state index in [9.17, 15) is 0 Å². The number of rotatable bonds is 0. The van der Waals surface area contributed by atoms with Crippen LogP contribution in [0.5, 0.6) is 0 Å². The summed E-state index contributed by atoms with van der Waals surface area (Å²) >= 11 is 2.18. The van der Waals surface area contributed by atoms with E-state index >= 15 is 0 Å². The normalized spacial score (nSPS) is 9.12. The predicted molar refractivity (Wildman–Crippen MR) is 74.8 cm³/mol. The Morgan fingerprint density at radius 1 is 0.938 bits per heavy atom. The molecule has 2 rings (SSSR count). The molecule has 16 heavy (non-hydrogen) atoms. The highest BCUT2D eigenvalue weighted by atomic mass is 127. The van der Waals surface area contributed by atoms with Crippen LogP contribution in [0.1, 0.15) is 5.56 Å². The number of aromatic nitrogens is 2. The molecule has 84 valence electrons. The molecule has 0 amide bonds. The molecule has 0 aliphatic rings. The second kappa shape index (κ2) is 6.26. The molecule has 2 aromatic heterocycles. The number of aryl methyl sites for hydroxylation is 1. The van der Waals surface area contributed by atoms with Crippen LogP contribution >= 0.6 is 22.6 Å². The molecular formula is C11H13IN4. The van der Waals surface area contributed by atoms with Crippen LogP contribution in [0, 0.1) is 10.5 Å². The third-order valence-corrected chi connectivity index (χ3v) is 2.32. The van der Waals surface area contributed by atoms with Crippen molar-refractivity contribution in [2.24, 2.45) is 0 Å². The van der Waals surface area contributed by atoms with E-state index in [-0.39, 0.29) is 0 Å². The topological polar surface area (TPSA) is 77.8 Å². The van der Waals surface area contributed by atoms with Gasteiger partial charge in [0.2, 0.25) is 0 Å². The summed E-state index contributed by atoms with van der Waals surface area (Å²) in [5, 5.41) is 0. The molecule has 5 heteroatoms. The van der Waals surface area contributed by atoms with Gasteiger partial charge in [-0.2, -0.15) is 0 Å². The Balaban J connectivity index is 0.000000160. The molecule has 0 aliphatic heterocycles. The van der Waals surface area contributed by atoms with Gasteiger partial charge in [0.05, 0.1) is 0 Å². The minimum absolute atomic E-state index is 0.574. The Morgan fingerprint density at radius 2 is 1.50 bits per heavy atom. The van der Waals surface area contributed by atoms with Gasteiger partial charge in [-0.15, -0.1) is 0 Å². The smallest absolute Gasteiger partial charge is 0.123 e. The molecule has 0 saturated heterocycles. The molecular weight excluding hydrogens is 315 g/mol. The zero-order valence-electron chi connectivity index (χ0n) is 8.89. The Bertz CT molecular complexity index is 339. The van der Waals surface area contributed by atoms with Crippen molar-refractivity contribution in [3.05, 3.63) is 45.8 Å². The van der Waals surface area contributed by atoms with Crippen molar-refractivity contribution in [3.8, 4) is 0 Å². The van der Waals surface area contributed by atoms with Gasteiger partial charge in [-0.05, 0) is 53.3 Å². The van der Waals surface area contributed by atoms with E-state index in [4.69, 9.17) is 11.5 Å². The fourth-order valence-electron chi connectivity index (χ4n) is 0.867. The van der Waals surface area contributed by atoms with Crippen molar-refractivity contribution in [2.75, 3.05) is 11.5 Å². The van der Waals surface area contributed by atoms with Crippen LogP contribution in [0.25, 0.3) is 0 Å². The van der Waals surface area contributed by atoms with E-state index in [1.165, 1.54) is 0 Å². The summed E-state index contributed by atoms with van der Waals surface area (Å²) in [4.78, 5) is 7.71. The van der Waals surface area contributed by atoms with Gasteiger partial charge in [0, 0.05) is 16.0 Å². The van der Waals surface area contributed by atoms with Crippen molar-refractivity contribution in [1.82, 2.24) is 9.97 Å². The van der Waals surface area contributed by atoms with E-state index in [2.05, 4.69) is 32.6 Å². The van der Waals surface area contributed by atoms with E-state index in [1.807, 2.05) is 19.1 Å². The minimum atomic E-state index is 0.574. The molecule has 0 aliphatic carbocycles. The lowest BCUT2D eigenvalue weighted by atomic mass is 10.3. The summed E-state index contributed by atoms with van der Waals surface area (Å²) in [6, 6.07) is 7.42. The first-order chi connectivity index (χ1) is 7.58. The number of hydrogen-bond acceptors (Lipinski definition) is 4. The van der Waals surface area contributed by atoms with Crippen LogP contribution in [0.4, 0.5) is 11.6 Å². The molecule has 0 aromatic carbocycles. The third-order valence-electron chi connectivity index (χ3n) is 1.68. The Kier molecular flexibility index (Phi) is 4.97. The maximum absolute atomic E-state index is 5.32. The predicted octanol–water partition coefficient (Wildman–Crippen LogP) is 2.24. The number of pyridine rings is 2. The molecule has 0 radical (unpaired) electrons. The number of hydrogen-bond donors (Lipinski definition) is 2. The Morgan fingerprint density at radius 3 is 1.81 bits per heavy atom. The molecule has 2 aromatic rings. The zero-order valence-corrected chi connectivity index (χ0v) is 11.0. The van der Waals surface area contributed by atoms with Crippen LogP contribution in [0.2, 0.25) is 0 Å². The van der Waals surface area contributed by atoms with Crippen LogP contribution < -0.4 is 11.5 Å². The number of nitrogen functional groups attached to an aromatic ring is 2. The zero-order chi connectivity index (χ0) is 12.0. The first kappa shape index (κ1) is 12.7. The van der Waals surface area contributed by atoms with E-state index < -0.39 is 0 Å². The third kappa shape index (κ3) is 4.92. The average molecular weight is 328 g/mol. The molecule has 2 heterocycles. The standard InChI is InChI=1S/C6H8N2.C5H5IN2/c1-5-2-3-6(7)8-4-5;6-4-1-2-5(7)8-3-4/h2-4H,1H3,(H2,7,8);1-3H,(H2,7,8). The number of anilines is 2. The molecule has 4 nitrogen and oxygen atoms in total. The lowest BCUT2D eigenvalue weighted by Crippen LogP contribution is -1.87. The lowest BCUT2D eigenvalue weighted by molar-refractivity contribution is 1.28. The highest BCUT2D eigenvalue weighted by Crippen LogP contribution is 2.02. The van der Waals surface area contributed by atoms with Gasteiger partial charge in [0.15, 0.2) is 0 Å². The van der Waals surface area contributed by atoms with Gasteiger partial charge in [0.1, 0.15) is 11.6 Å². The summed E-state index contributed by atoms with van der Waals surface area (Å²) in [5.74, 6) is 1.15. The number of nitrogens with two attached hydrogens (primary N) is 2. The summed E-state index contributed by atoms with van der Waals surface area (Å²) < 4.78 is 1.11. The molecule has 0 fully saturated rings. The highest BCUT2D eigenvalue weighted by molar-refractivity contribution is 14.1. The molecule has 0 saturated carbocycles. The summed E-state index contributed by atoms with van der Waals surface area (Å²) in [6.45, 7) is 1.98. The van der Waals surface area contributed by atoms with Gasteiger partial charge >= 0.3 is 0 Å². The van der Waals surface area contributed by atoms with Crippen molar-refractivity contribution < 1.29 is 0 Å². The van der Waals surface area contributed by atoms with Gasteiger partial charge in [-0.25, -0.2) is 9.97 Å². The number of halogens is 1. The van der Waals surface area contributed by atoms with E-state index in [1.54, 1.807) is 24.5 Å². The summed E-state index contributed by atoms with van der Waals surface area (Å²) in [5.41, 5.74) is 11.8. The SMILES string of the molecule is Cc1ccc(N)nc1.Nc1ccc(I)cn1. The van der Waals surface area contributed by atoms with E-state index in [0.29, 0.717) is 11.6 Å². The van der Waals surface area contributed by atoms with Gasteiger partial charge in [-0.3, -0.25) is 0 Å². The van der Waals surface area contributed by atoms with Crippen LogP contribution in [-0.4, -0.2) is 9.97 Å². The van der Waals surface area contributed by atoms with Crippen LogP contribution in [-0.2, 0) is 0 Å². The monoisotopic (exact) mass is 328 g/mol. The molecule has 0 atom stereocenters. The largest absolute Gasteiger partial charge is 0.384 e. The molecule has 4 N–H and O–H groups in total. The summed E-state index contributed by atoms with van der Waals surface area (Å²) in [6.07, 6.45) is 3.48. The number of nitrogens with zero attached hydrogens (tertiary/aromatic N) is 2. The Labute approximate surface area is 108 Å². The highest BCUT2D eigenvalue weighted by Gasteiger charge is 1.83. The molecule has 0 unspecified atom stereocenters. The maximum Gasteiger partial charge on any atom is 0.123 e. The van der Waals surface area contributed by atoms with Gasteiger partial charge < -0.3 is 11.5 Å². The van der Waals surface area contributed by atoms with Crippen molar-refractivity contribution >= 4 is 34.2 Å². The second-order valence-electron chi connectivity index (χ2n) is 3.16.